The summed E-state index contributed by atoms with van der Waals surface area (Å²) in [4.78, 5) is 0.663. The van der Waals surface area contributed by atoms with Crippen LogP contribution in [0.1, 0.15) is 46.0 Å². The van der Waals surface area contributed by atoms with Crippen LogP contribution < -0.4 is 0 Å². The van der Waals surface area contributed by atoms with E-state index < -0.39 is 0 Å². The lowest BCUT2D eigenvalue weighted by molar-refractivity contribution is 0.0496. The summed E-state index contributed by atoms with van der Waals surface area (Å²) in [5.74, 6) is 0. The molecule has 3 atom stereocenters. The first kappa shape index (κ1) is 10.5. The molecule has 72 valence electrons. The van der Waals surface area contributed by atoms with Crippen molar-refractivity contribution in [1.82, 2.24) is 0 Å². The van der Waals surface area contributed by atoms with Gasteiger partial charge < -0.3 is 4.74 Å². The van der Waals surface area contributed by atoms with E-state index in [4.69, 9.17) is 4.74 Å². The van der Waals surface area contributed by atoms with Crippen LogP contribution in [0, 0.1) is 0 Å². The van der Waals surface area contributed by atoms with Crippen LogP contribution in [0.5, 0.6) is 0 Å². The highest BCUT2D eigenvalue weighted by Gasteiger charge is 2.20. The summed E-state index contributed by atoms with van der Waals surface area (Å²) < 4.78 is 5.73. The highest BCUT2D eigenvalue weighted by Crippen LogP contribution is 2.23. The predicted octanol–water partition coefficient (Wildman–Crippen LogP) is 3.51. The highest BCUT2D eigenvalue weighted by atomic mass is 79.9. The molecular weight excluding hydrogens is 216 g/mol. The molecule has 3 unspecified atom stereocenters. The molecule has 0 aliphatic carbocycles. The predicted molar refractivity (Wildman–Crippen MR) is 55.8 cm³/mol. The lowest BCUT2D eigenvalue weighted by Crippen LogP contribution is -2.08. The second kappa shape index (κ2) is 5.23. The van der Waals surface area contributed by atoms with Gasteiger partial charge in [-0.1, -0.05) is 22.9 Å². The van der Waals surface area contributed by atoms with Crippen LogP contribution in [0.25, 0.3) is 0 Å². The molecule has 0 spiro atoms. The Morgan fingerprint density at radius 2 is 2.25 bits per heavy atom. The van der Waals surface area contributed by atoms with E-state index in [1.807, 2.05) is 0 Å². The number of ether oxygens (including phenoxy) is 1. The molecule has 0 aromatic rings. The van der Waals surface area contributed by atoms with Crippen molar-refractivity contribution in [2.45, 2.75) is 63.0 Å². The molecule has 0 saturated carbocycles. The van der Waals surface area contributed by atoms with Gasteiger partial charge in [0.2, 0.25) is 0 Å². The van der Waals surface area contributed by atoms with Gasteiger partial charge in [-0.15, -0.1) is 0 Å². The van der Waals surface area contributed by atoms with Crippen LogP contribution in [-0.4, -0.2) is 17.0 Å². The topological polar surface area (TPSA) is 9.23 Å². The number of rotatable bonds is 4. The van der Waals surface area contributed by atoms with Crippen molar-refractivity contribution in [2.24, 2.45) is 0 Å². The molecule has 1 aliphatic rings. The van der Waals surface area contributed by atoms with Gasteiger partial charge in [0.05, 0.1) is 12.2 Å². The van der Waals surface area contributed by atoms with Crippen LogP contribution in [0.15, 0.2) is 0 Å². The molecule has 1 aliphatic heterocycles. The summed E-state index contributed by atoms with van der Waals surface area (Å²) >= 11 is 3.55. The van der Waals surface area contributed by atoms with Crippen molar-refractivity contribution in [3.05, 3.63) is 0 Å². The molecule has 1 fully saturated rings. The zero-order chi connectivity index (χ0) is 8.97. The van der Waals surface area contributed by atoms with E-state index in [9.17, 15) is 0 Å². The minimum Gasteiger partial charge on any atom is -0.375 e. The second-order valence-electron chi connectivity index (χ2n) is 3.86. The Morgan fingerprint density at radius 1 is 1.50 bits per heavy atom. The lowest BCUT2D eigenvalue weighted by atomic mass is 10.1. The molecule has 0 radical (unpaired) electrons. The Bertz CT molecular complexity index is 125. The van der Waals surface area contributed by atoms with E-state index in [0.29, 0.717) is 17.0 Å². The van der Waals surface area contributed by atoms with Crippen LogP contribution in [0.2, 0.25) is 0 Å². The van der Waals surface area contributed by atoms with E-state index in [2.05, 4.69) is 29.8 Å². The zero-order valence-electron chi connectivity index (χ0n) is 8.05. The van der Waals surface area contributed by atoms with Gasteiger partial charge in [-0.25, -0.2) is 0 Å². The highest BCUT2D eigenvalue weighted by molar-refractivity contribution is 9.09. The zero-order valence-corrected chi connectivity index (χ0v) is 9.64. The third-order valence-corrected chi connectivity index (χ3v) is 2.91. The van der Waals surface area contributed by atoms with Crippen molar-refractivity contribution < 1.29 is 4.74 Å². The molecule has 2 heteroatoms. The largest absolute Gasteiger partial charge is 0.375 e. The van der Waals surface area contributed by atoms with Gasteiger partial charge in [0.1, 0.15) is 0 Å². The average molecular weight is 235 g/mol. The Kier molecular flexibility index (Phi) is 4.59. The Labute approximate surface area is 84.0 Å². The van der Waals surface area contributed by atoms with E-state index in [0.717, 1.165) is 0 Å². The molecule has 0 amide bonds. The molecule has 0 aromatic carbocycles. The van der Waals surface area contributed by atoms with Gasteiger partial charge >= 0.3 is 0 Å². The minimum absolute atomic E-state index is 0.511. The fraction of sp³-hybridized carbons (Fsp3) is 1.00. The maximum absolute atomic E-state index is 5.73. The third kappa shape index (κ3) is 3.90. The van der Waals surface area contributed by atoms with E-state index >= 15 is 0 Å². The first-order valence-corrected chi connectivity index (χ1v) is 5.89. The summed E-state index contributed by atoms with van der Waals surface area (Å²) in [5.41, 5.74) is 0. The Hall–Kier alpha value is 0.440. The van der Waals surface area contributed by atoms with Crippen molar-refractivity contribution in [3.63, 3.8) is 0 Å². The van der Waals surface area contributed by atoms with Gasteiger partial charge in [0.15, 0.2) is 0 Å². The molecule has 1 nitrogen and oxygen atoms in total. The van der Waals surface area contributed by atoms with Crippen molar-refractivity contribution in [2.75, 3.05) is 0 Å². The molecular formula is C10H19BrO. The average Bonchev–Trinajstić information content (AvgIpc) is 2.35. The monoisotopic (exact) mass is 234 g/mol. The molecule has 0 bridgehead atoms. The van der Waals surface area contributed by atoms with Crippen molar-refractivity contribution in [3.8, 4) is 0 Å². The van der Waals surface area contributed by atoms with Crippen molar-refractivity contribution in [1.29, 1.82) is 0 Å². The summed E-state index contributed by atoms with van der Waals surface area (Å²) in [6.45, 7) is 4.38. The number of hydrogen-bond donors (Lipinski definition) is 0. The molecule has 1 rings (SSSR count). The van der Waals surface area contributed by atoms with Crippen LogP contribution in [-0.2, 0) is 4.74 Å². The number of hydrogen-bond acceptors (Lipinski definition) is 1. The summed E-state index contributed by atoms with van der Waals surface area (Å²) in [6, 6.07) is 0. The SMILES string of the molecule is CC(Br)CCCC1CCC(C)O1. The van der Waals surface area contributed by atoms with Gasteiger partial charge in [-0.2, -0.15) is 0 Å². The molecule has 12 heavy (non-hydrogen) atoms. The van der Waals surface area contributed by atoms with Crippen LogP contribution in [0.4, 0.5) is 0 Å². The summed E-state index contributed by atoms with van der Waals surface area (Å²) in [7, 11) is 0. The smallest absolute Gasteiger partial charge is 0.0579 e. The van der Waals surface area contributed by atoms with E-state index in [-0.39, 0.29) is 0 Å². The van der Waals surface area contributed by atoms with Crippen LogP contribution in [0.3, 0.4) is 0 Å². The second-order valence-corrected chi connectivity index (χ2v) is 5.42. The fourth-order valence-corrected chi connectivity index (χ4v) is 2.05. The minimum atomic E-state index is 0.511. The van der Waals surface area contributed by atoms with Gasteiger partial charge in [0.25, 0.3) is 0 Å². The van der Waals surface area contributed by atoms with Gasteiger partial charge in [-0.3, -0.25) is 0 Å². The first-order valence-electron chi connectivity index (χ1n) is 4.98. The Morgan fingerprint density at radius 3 is 2.75 bits per heavy atom. The Balaban J connectivity index is 2.00. The van der Waals surface area contributed by atoms with E-state index in [1.165, 1.54) is 32.1 Å². The van der Waals surface area contributed by atoms with Crippen LogP contribution >= 0.6 is 15.9 Å². The molecule has 0 N–H and O–H groups in total. The number of halogens is 1. The third-order valence-electron chi connectivity index (χ3n) is 2.45. The molecule has 0 aromatic heterocycles. The van der Waals surface area contributed by atoms with E-state index in [1.54, 1.807) is 0 Å². The van der Waals surface area contributed by atoms with Gasteiger partial charge in [0, 0.05) is 4.83 Å². The lowest BCUT2D eigenvalue weighted by Gasteiger charge is -2.10. The maximum atomic E-state index is 5.73. The molecule has 1 heterocycles. The first-order chi connectivity index (χ1) is 5.68. The standard InChI is InChI=1S/C10H19BrO/c1-8(11)4-3-5-10-7-6-9(2)12-10/h8-10H,3-7H2,1-2H3. The summed E-state index contributed by atoms with van der Waals surface area (Å²) in [6.07, 6.45) is 7.42. The maximum Gasteiger partial charge on any atom is 0.0579 e. The molecule has 1 saturated heterocycles. The number of alkyl halides is 1. The quantitative estimate of drug-likeness (QED) is 0.677. The van der Waals surface area contributed by atoms with Gasteiger partial charge in [-0.05, 0) is 39.0 Å². The normalized spacial score (nSPS) is 32.2. The fourth-order valence-electron chi connectivity index (χ4n) is 1.72. The van der Waals surface area contributed by atoms with Crippen molar-refractivity contribution >= 4 is 15.9 Å². The summed E-state index contributed by atoms with van der Waals surface area (Å²) in [5, 5.41) is 0.